The average Bonchev–Trinajstić information content (AvgIpc) is 2.27. The van der Waals surface area contributed by atoms with Crippen molar-refractivity contribution >= 4 is 33.4 Å². The number of phenols is 1. The van der Waals surface area contributed by atoms with Gasteiger partial charge >= 0.3 is 0 Å². The van der Waals surface area contributed by atoms with Gasteiger partial charge in [0.05, 0.1) is 10.6 Å². The number of nitrogens with two attached hydrogens (primary N) is 1. The molecule has 5 heteroatoms. The van der Waals surface area contributed by atoms with Crippen LogP contribution in [0.15, 0.2) is 40.9 Å². The van der Waals surface area contributed by atoms with Gasteiger partial charge in [-0.1, -0.05) is 33.6 Å². The van der Waals surface area contributed by atoms with Gasteiger partial charge in [-0.25, -0.2) is 0 Å². The molecule has 0 aliphatic rings. The van der Waals surface area contributed by atoms with Crippen molar-refractivity contribution in [2.24, 2.45) is 5.73 Å². The quantitative estimate of drug-likeness (QED) is 0.886. The maximum atomic E-state index is 11.2. The van der Waals surface area contributed by atoms with Gasteiger partial charge in [0.15, 0.2) is 0 Å². The Morgan fingerprint density at radius 2 is 1.89 bits per heavy atom. The summed E-state index contributed by atoms with van der Waals surface area (Å²) in [6.45, 7) is 0. The second-order valence-corrected chi connectivity index (χ2v) is 5.08. The third-order valence-electron chi connectivity index (χ3n) is 2.45. The highest BCUT2D eigenvalue weighted by Crippen LogP contribution is 2.30. The lowest BCUT2D eigenvalue weighted by molar-refractivity contribution is 0.100. The van der Waals surface area contributed by atoms with Crippen LogP contribution in [0.1, 0.15) is 10.4 Å². The van der Waals surface area contributed by atoms with Gasteiger partial charge in [0, 0.05) is 4.47 Å². The van der Waals surface area contributed by atoms with Crippen LogP contribution in [0.3, 0.4) is 0 Å². The Morgan fingerprint density at radius 3 is 2.50 bits per heavy atom. The molecule has 0 aliphatic carbocycles. The topological polar surface area (TPSA) is 63.3 Å². The lowest BCUT2D eigenvalue weighted by atomic mass is 10.0. The van der Waals surface area contributed by atoms with E-state index in [0.29, 0.717) is 5.02 Å². The van der Waals surface area contributed by atoms with Gasteiger partial charge in [-0.2, -0.15) is 0 Å². The average molecular weight is 327 g/mol. The maximum Gasteiger partial charge on any atom is 0.250 e. The number of halogens is 2. The van der Waals surface area contributed by atoms with E-state index in [1.807, 2.05) is 6.07 Å². The van der Waals surface area contributed by atoms with Crippen molar-refractivity contribution in [3.63, 3.8) is 0 Å². The van der Waals surface area contributed by atoms with E-state index < -0.39 is 5.91 Å². The van der Waals surface area contributed by atoms with E-state index in [-0.39, 0.29) is 11.3 Å². The lowest BCUT2D eigenvalue weighted by Crippen LogP contribution is -2.11. The predicted molar refractivity (Wildman–Crippen MR) is 74.8 cm³/mol. The Kier molecular flexibility index (Phi) is 3.59. The SMILES string of the molecule is NC(=O)c1cc(-c2cc(O)cc(Br)c2)ccc1Cl. The summed E-state index contributed by atoms with van der Waals surface area (Å²) < 4.78 is 0.744. The van der Waals surface area contributed by atoms with Crippen molar-refractivity contribution in [2.45, 2.75) is 0 Å². The first-order valence-corrected chi connectivity index (χ1v) is 6.24. The van der Waals surface area contributed by atoms with E-state index >= 15 is 0 Å². The highest BCUT2D eigenvalue weighted by Gasteiger charge is 2.09. The third kappa shape index (κ3) is 2.66. The Hall–Kier alpha value is -1.52. The van der Waals surface area contributed by atoms with E-state index in [4.69, 9.17) is 17.3 Å². The van der Waals surface area contributed by atoms with Crippen molar-refractivity contribution in [1.82, 2.24) is 0 Å². The number of hydrogen-bond donors (Lipinski definition) is 2. The molecule has 0 fully saturated rings. The molecule has 2 aromatic rings. The Balaban J connectivity index is 2.57. The van der Waals surface area contributed by atoms with Crippen molar-refractivity contribution in [1.29, 1.82) is 0 Å². The molecule has 2 rings (SSSR count). The summed E-state index contributed by atoms with van der Waals surface area (Å²) in [6.07, 6.45) is 0. The summed E-state index contributed by atoms with van der Waals surface area (Å²) >= 11 is 9.18. The molecule has 92 valence electrons. The van der Waals surface area contributed by atoms with Crippen LogP contribution < -0.4 is 5.73 Å². The van der Waals surface area contributed by atoms with Crippen LogP contribution in [0.4, 0.5) is 0 Å². The Morgan fingerprint density at radius 1 is 1.17 bits per heavy atom. The maximum absolute atomic E-state index is 11.2. The minimum atomic E-state index is -0.582. The van der Waals surface area contributed by atoms with Crippen molar-refractivity contribution < 1.29 is 9.90 Å². The second-order valence-electron chi connectivity index (χ2n) is 3.76. The number of amides is 1. The van der Waals surface area contributed by atoms with E-state index in [9.17, 15) is 9.90 Å². The molecule has 0 aliphatic heterocycles. The largest absolute Gasteiger partial charge is 0.508 e. The number of benzene rings is 2. The number of rotatable bonds is 2. The molecule has 3 N–H and O–H groups in total. The van der Waals surface area contributed by atoms with Gasteiger partial charge in [0.1, 0.15) is 5.75 Å². The smallest absolute Gasteiger partial charge is 0.250 e. The normalized spacial score (nSPS) is 10.3. The molecule has 0 saturated heterocycles. The van der Waals surface area contributed by atoms with Crippen LogP contribution in [-0.4, -0.2) is 11.0 Å². The van der Waals surface area contributed by atoms with Crippen molar-refractivity contribution in [3.8, 4) is 16.9 Å². The molecule has 0 bridgehead atoms. The van der Waals surface area contributed by atoms with E-state index in [1.165, 1.54) is 0 Å². The first-order chi connectivity index (χ1) is 8.47. The number of carbonyl (C=O) groups is 1. The highest BCUT2D eigenvalue weighted by atomic mass is 79.9. The van der Waals surface area contributed by atoms with Crippen LogP contribution in [0.5, 0.6) is 5.75 Å². The van der Waals surface area contributed by atoms with Crippen LogP contribution in [0, 0.1) is 0 Å². The Labute approximate surface area is 117 Å². The number of hydrogen-bond acceptors (Lipinski definition) is 2. The predicted octanol–water partition coefficient (Wildman–Crippen LogP) is 3.57. The van der Waals surface area contributed by atoms with Gasteiger partial charge in [0.2, 0.25) is 5.91 Å². The molecule has 18 heavy (non-hydrogen) atoms. The molecule has 1 amide bonds. The molecular weight excluding hydrogens is 318 g/mol. The monoisotopic (exact) mass is 325 g/mol. The molecule has 0 atom stereocenters. The summed E-state index contributed by atoms with van der Waals surface area (Å²) in [5, 5.41) is 9.85. The minimum Gasteiger partial charge on any atom is -0.508 e. The standard InChI is InChI=1S/C13H9BrClNO2/c14-9-3-8(4-10(17)6-9)7-1-2-12(15)11(5-7)13(16)18/h1-6,17H,(H2,16,18). The fourth-order valence-corrected chi connectivity index (χ4v) is 2.33. The molecule has 0 radical (unpaired) electrons. The number of aromatic hydroxyl groups is 1. The zero-order chi connectivity index (χ0) is 13.3. The van der Waals surface area contributed by atoms with Crippen LogP contribution >= 0.6 is 27.5 Å². The van der Waals surface area contributed by atoms with E-state index in [0.717, 1.165) is 15.6 Å². The molecule has 0 heterocycles. The number of primary amides is 1. The fraction of sp³-hybridized carbons (Fsp3) is 0. The fourth-order valence-electron chi connectivity index (χ4n) is 1.63. The summed E-state index contributed by atoms with van der Waals surface area (Å²) in [6, 6.07) is 9.97. The molecule has 0 saturated carbocycles. The van der Waals surface area contributed by atoms with Crippen LogP contribution in [0.2, 0.25) is 5.02 Å². The summed E-state index contributed by atoms with van der Waals surface area (Å²) in [7, 11) is 0. The van der Waals surface area contributed by atoms with Gasteiger partial charge in [-0.3, -0.25) is 4.79 Å². The Bertz CT molecular complexity index is 608. The first-order valence-electron chi connectivity index (χ1n) is 5.06. The zero-order valence-corrected chi connectivity index (χ0v) is 11.5. The van der Waals surface area contributed by atoms with Crippen LogP contribution in [-0.2, 0) is 0 Å². The second kappa shape index (κ2) is 5.00. The van der Waals surface area contributed by atoms with Gasteiger partial charge in [0.25, 0.3) is 0 Å². The number of carbonyl (C=O) groups excluding carboxylic acids is 1. The van der Waals surface area contributed by atoms with Gasteiger partial charge in [-0.05, 0) is 41.5 Å². The van der Waals surface area contributed by atoms with Gasteiger partial charge < -0.3 is 10.8 Å². The minimum absolute atomic E-state index is 0.134. The summed E-state index contributed by atoms with van der Waals surface area (Å²) in [5.41, 5.74) is 7.02. The van der Waals surface area contributed by atoms with Crippen molar-refractivity contribution in [2.75, 3.05) is 0 Å². The zero-order valence-electron chi connectivity index (χ0n) is 9.15. The molecule has 3 nitrogen and oxygen atoms in total. The highest BCUT2D eigenvalue weighted by molar-refractivity contribution is 9.10. The first kappa shape index (κ1) is 12.9. The molecule has 0 spiro atoms. The molecule has 0 unspecified atom stereocenters. The van der Waals surface area contributed by atoms with Gasteiger partial charge in [-0.15, -0.1) is 0 Å². The lowest BCUT2D eigenvalue weighted by Gasteiger charge is -2.06. The number of phenolic OH excluding ortho intramolecular Hbond substituents is 1. The summed E-state index contributed by atoms with van der Waals surface area (Å²) in [4.78, 5) is 11.2. The summed E-state index contributed by atoms with van der Waals surface area (Å²) in [5.74, 6) is -0.448. The molecule has 2 aromatic carbocycles. The van der Waals surface area contributed by atoms with Crippen LogP contribution in [0.25, 0.3) is 11.1 Å². The van der Waals surface area contributed by atoms with Crippen molar-refractivity contribution in [3.05, 3.63) is 51.5 Å². The molecular formula is C13H9BrClNO2. The third-order valence-corrected chi connectivity index (χ3v) is 3.24. The van der Waals surface area contributed by atoms with E-state index in [2.05, 4.69) is 15.9 Å². The van der Waals surface area contributed by atoms with E-state index in [1.54, 1.807) is 30.3 Å². The molecule has 0 aromatic heterocycles.